The Hall–Kier alpha value is -3.09. The summed E-state index contributed by atoms with van der Waals surface area (Å²) >= 11 is 0. The number of aromatic nitrogens is 1. The Morgan fingerprint density at radius 3 is 2.62 bits per heavy atom. The van der Waals surface area contributed by atoms with Gasteiger partial charge in [0.25, 0.3) is 0 Å². The highest BCUT2D eigenvalue weighted by atomic mass is 16.5. The fourth-order valence-corrected chi connectivity index (χ4v) is 8.51. The minimum atomic E-state index is -0.383. The van der Waals surface area contributed by atoms with E-state index in [0.717, 1.165) is 50.1 Å². The molecule has 4 aliphatic rings. The van der Waals surface area contributed by atoms with Crippen molar-refractivity contribution in [1.29, 1.82) is 0 Å². The third kappa shape index (κ3) is 3.31. The summed E-state index contributed by atoms with van der Waals surface area (Å²) in [6.45, 7) is 1.01. The highest BCUT2D eigenvalue weighted by molar-refractivity contribution is 5.79. The van der Waals surface area contributed by atoms with Crippen molar-refractivity contribution in [3.63, 3.8) is 0 Å². The molecule has 7 rings (SSSR count). The first-order valence-electron chi connectivity index (χ1n) is 14.3. The number of likely N-dealkylation sites (N-methyl/N-ethyl adjacent to an activating group) is 1. The van der Waals surface area contributed by atoms with Gasteiger partial charge in [-0.05, 0) is 68.1 Å². The molecule has 2 aliphatic carbocycles. The molecule has 2 aromatic carbocycles. The summed E-state index contributed by atoms with van der Waals surface area (Å²) < 4.78 is 21.8. The number of nitrogens with zero attached hydrogens (tertiary/aromatic N) is 2. The minimum Gasteiger partial charge on any atom is -0.493 e. The first-order chi connectivity index (χ1) is 18.9. The zero-order chi connectivity index (χ0) is 26.9. The summed E-state index contributed by atoms with van der Waals surface area (Å²) in [5, 5.41) is 0. The van der Waals surface area contributed by atoms with Crippen LogP contribution >= 0.6 is 0 Å². The number of piperidine rings is 1. The number of methoxy groups -OCH3 is 2. The van der Waals surface area contributed by atoms with E-state index in [0.29, 0.717) is 18.6 Å². The normalized spacial score (nSPS) is 28.0. The quantitative estimate of drug-likeness (QED) is 0.424. The number of likely N-dealkylation sites (tertiary alicyclic amines) is 1. The molecule has 0 amide bonds. The van der Waals surface area contributed by atoms with Crippen LogP contribution in [-0.2, 0) is 47.7 Å². The molecule has 6 nitrogen and oxygen atoms in total. The molecule has 6 heteroatoms. The molecule has 4 atom stereocenters. The Labute approximate surface area is 230 Å². The molecule has 39 heavy (non-hydrogen) atoms. The standard InChI is InChI=1S/C33H38N2O4/c1-34-17-16-32-28-22-11-15-26(37-3)30(28)39-31(32)29-23(20-33(32,38-4)27(34)19-22)18-24(35(29)2)12-14-25(36)13-10-21-8-6-5-7-9-21/h5-9,11,15,18,27,31H,10,12-14,16-17,19-20H2,1-4H3/t27-,31+,32+,33-/m1/s1. The minimum absolute atomic E-state index is 0.143. The Bertz CT molecular complexity index is 1450. The van der Waals surface area contributed by atoms with Crippen molar-refractivity contribution in [3.8, 4) is 11.5 Å². The van der Waals surface area contributed by atoms with E-state index in [4.69, 9.17) is 14.2 Å². The van der Waals surface area contributed by atoms with Crippen molar-refractivity contribution in [3.05, 3.63) is 82.2 Å². The van der Waals surface area contributed by atoms with E-state index in [1.807, 2.05) is 25.3 Å². The van der Waals surface area contributed by atoms with Crippen LogP contribution in [0.4, 0.5) is 0 Å². The number of hydrogen-bond donors (Lipinski definition) is 0. The molecule has 3 heterocycles. The van der Waals surface area contributed by atoms with Crippen LogP contribution in [0.2, 0.25) is 0 Å². The van der Waals surface area contributed by atoms with Gasteiger partial charge in [-0.1, -0.05) is 36.4 Å². The first kappa shape index (κ1) is 24.9. The molecule has 0 N–H and O–H groups in total. The lowest BCUT2D eigenvalue weighted by molar-refractivity contribution is -0.186. The molecular weight excluding hydrogens is 488 g/mol. The van der Waals surface area contributed by atoms with Crippen molar-refractivity contribution >= 4 is 5.78 Å². The van der Waals surface area contributed by atoms with Gasteiger partial charge in [0.2, 0.25) is 0 Å². The molecule has 1 spiro atoms. The Morgan fingerprint density at radius 2 is 1.85 bits per heavy atom. The van der Waals surface area contributed by atoms with Crippen molar-refractivity contribution in [2.45, 2.75) is 68.1 Å². The van der Waals surface area contributed by atoms with Crippen LogP contribution in [0.25, 0.3) is 0 Å². The summed E-state index contributed by atoms with van der Waals surface area (Å²) in [7, 11) is 8.02. The van der Waals surface area contributed by atoms with Crippen LogP contribution in [0.15, 0.2) is 48.5 Å². The highest BCUT2D eigenvalue weighted by Crippen LogP contribution is 2.69. The molecule has 1 saturated heterocycles. The average Bonchev–Trinajstić information content (AvgIpc) is 3.46. The number of benzene rings is 2. The van der Waals surface area contributed by atoms with E-state index in [-0.39, 0.29) is 23.2 Å². The summed E-state index contributed by atoms with van der Waals surface area (Å²) in [4.78, 5) is 15.4. The molecule has 0 unspecified atom stereocenters. The van der Waals surface area contributed by atoms with Gasteiger partial charge in [-0.15, -0.1) is 0 Å². The van der Waals surface area contributed by atoms with Crippen LogP contribution in [0.3, 0.4) is 0 Å². The van der Waals surface area contributed by atoms with Crippen LogP contribution in [-0.4, -0.2) is 54.7 Å². The van der Waals surface area contributed by atoms with E-state index in [2.05, 4.69) is 53.9 Å². The van der Waals surface area contributed by atoms with Crippen LogP contribution in [0, 0.1) is 0 Å². The van der Waals surface area contributed by atoms with Gasteiger partial charge >= 0.3 is 0 Å². The predicted molar refractivity (Wildman–Crippen MR) is 150 cm³/mol. The lowest BCUT2D eigenvalue weighted by atomic mass is 9.49. The Morgan fingerprint density at radius 1 is 1.05 bits per heavy atom. The second-order valence-corrected chi connectivity index (χ2v) is 12.0. The van der Waals surface area contributed by atoms with Gasteiger partial charge in [-0.2, -0.15) is 0 Å². The number of aryl methyl sites for hydroxylation is 2. The van der Waals surface area contributed by atoms with E-state index in [1.165, 1.54) is 33.6 Å². The van der Waals surface area contributed by atoms with E-state index >= 15 is 0 Å². The Balaban J connectivity index is 1.25. The first-order valence-corrected chi connectivity index (χ1v) is 14.3. The van der Waals surface area contributed by atoms with Crippen LogP contribution < -0.4 is 9.47 Å². The number of ether oxygens (including phenoxy) is 3. The highest BCUT2D eigenvalue weighted by Gasteiger charge is 2.73. The molecule has 204 valence electrons. The second-order valence-electron chi connectivity index (χ2n) is 12.0. The molecule has 1 fully saturated rings. The number of fused-ring (bicyclic) bond motifs is 2. The van der Waals surface area contributed by atoms with Gasteiger partial charge in [0.1, 0.15) is 11.4 Å². The predicted octanol–water partition coefficient (Wildman–Crippen LogP) is 4.74. The fraction of sp³-hybridized carbons (Fsp3) is 0.485. The molecular formula is C33H38N2O4. The average molecular weight is 527 g/mol. The third-order valence-electron chi connectivity index (χ3n) is 10.4. The van der Waals surface area contributed by atoms with Gasteiger partial charge < -0.3 is 23.7 Å². The van der Waals surface area contributed by atoms with Crippen molar-refractivity contribution < 1.29 is 19.0 Å². The molecule has 2 aliphatic heterocycles. The number of carbonyl (C=O) groups excluding carboxylic acids is 1. The monoisotopic (exact) mass is 526 g/mol. The largest absolute Gasteiger partial charge is 0.493 e. The summed E-state index contributed by atoms with van der Waals surface area (Å²) in [6, 6.07) is 17.2. The number of Topliss-reactive ketones (excluding diaryl/α,β-unsaturated/α-hetero) is 1. The van der Waals surface area contributed by atoms with Gasteiger partial charge in [0, 0.05) is 50.7 Å². The zero-order valence-electron chi connectivity index (χ0n) is 23.5. The maximum absolute atomic E-state index is 12.9. The lowest BCUT2D eigenvalue weighted by Crippen LogP contribution is -2.74. The lowest BCUT2D eigenvalue weighted by Gasteiger charge is -2.63. The number of ketones is 1. The molecule has 1 aromatic heterocycles. The van der Waals surface area contributed by atoms with Gasteiger partial charge in [0.05, 0.1) is 18.2 Å². The summed E-state index contributed by atoms with van der Waals surface area (Å²) in [5.41, 5.74) is 6.97. The van der Waals surface area contributed by atoms with E-state index in [9.17, 15) is 4.79 Å². The van der Waals surface area contributed by atoms with Gasteiger partial charge in [-0.25, -0.2) is 0 Å². The van der Waals surface area contributed by atoms with Gasteiger partial charge in [-0.3, -0.25) is 4.79 Å². The maximum Gasteiger partial charge on any atom is 0.166 e. The SMILES string of the molecule is COc1ccc2c3c1O[C@H]1c4c(cc(CCC(=O)CCc5ccccc5)n4C)C[C@@]4(OC)[C@@H](C2)N(C)CC[C@]314. The summed E-state index contributed by atoms with van der Waals surface area (Å²) in [6.07, 6.45) is 5.30. The van der Waals surface area contributed by atoms with Crippen molar-refractivity contribution in [1.82, 2.24) is 9.47 Å². The number of rotatable bonds is 8. The van der Waals surface area contributed by atoms with Crippen LogP contribution in [0.1, 0.15) is 59.0 Å². The second kappa shape index (κ2) is 8.97. The van der Waals surface area contributed by atoms with E-state index < -0.39 is 0 Å². The van der Waals surface area contributed by atoms with Crippen molar-refractivity contribution in [2.75, 3.05) is 27.8 Å². The fourth-order valence-electron chi connectivity index (χ4n) is 8.51. The summed E-state index contributed by atoms with van der Waals surface area (Å²) in [5.74, 6) is 2.02. The van der Waals surface area contributed by atoms with Crippen molar-refractivity contribution in [2.24, 2.45) is 7.05 Å². The molecule has 3 aromatic rings. The van der Waals surface area contributed by atoms with Gasteiger partial charge in [0.15, 0.2) is 17.6 Å². The number of carbonyl (C=O) groups is 1. The Kier molecular flexibility index (Phi) is 5.73. The topological polar surface area (TPSA) is 52.9 Å². The number of hydrogen-bond acceptors (Lipinski definition) is 5. The molecule has 2 bridgehead atoms. The molecule has 0 radical (unpaired) electrons. The van der Waals surface area contributed by atoms with Crippen LogP contribution in [0.5, 0.6) is 11.5 Å². The maximum atomic E-state index is 12.9. The molecule has 0 saturated carbocycles. The zero-order valence-corrected chi connectivity index (χ0v) is 23.5. The third-order valence-corrected chi connectivity index (χ3v) is 10.4. The smallest absolute Gasteiger partial charge is 0.166 e. The van der Waals surface area contributed by atoms with E-state index in [1.54, 1.807) is 7.11 Å².